The predicted molar refractivity (Wildman–Crippen MR) is 91.5 cm³/mol. The lowest BCUT2D eigenvalue weighted by molar-refractivity contribution is -0.322. The van der Waals surface area contributed by atoms with Crippen molar-refractivity contribution in [2.45, 2.75) is 97.4 Å². The van der Waals surface area contributed by atoms with Gasteiger partial charge in [-0.3, -0.25) is 9.63 Å². The van der Waals surface area contributed by atoms with E-state index >= 15 is 0 Å². The smallest absolute Gasteiger partial charge is 0.245 e. The van der Waals surface area contributed by atoms with Crippen molar-refractivity contribution in [1.29, 1.82) is 5.26 Å². The van der Waals surface area contributed by atoms with Crippen LogP contribution in [-0.4, -0.2) is 44.6 Å². The number of nitriles is 1. The Morgan fingerprint density at radius 2 is 1.65 bits per heavy atom. The predicted octanol–water partition coefficient (Wildman–Crippen LogP) is 3.50. The molecule has 1 amide bonds. The van der Waals surface area contributed by atoms with Gasteiger partial charge in [-0.15, -0.1) is 0 Å². The number of hydrogen-bond acceptors (Lipinski definition) is 4. The molecule has 0 spiro atoms. The maximum atomic E-state index is 13.1. The van der Waals surface area contributed by atoms with Gasteiger partial charge < -0.3 is 4.90 Å². The van der Waals surface area contributed by atoms with Crippen LogP contribution in [0.1, 0.15) is 75.2 Å². The molecule has 0 bridgehead atoms. The minimum Gasteiger partial charge on any atom is -0.334 e. The number of rotatable bonds is 4. The van der Waals surface area contributed by atoms with Crippen LogP contribution in [0.2, 0.25) is 0 Å². The largest absolute Gasteiger partial charge is 0.334 e. The molecule has 23 heavy (non-hydrogen) atoms. The van der Waals surface area contributed by atoms with Gasteiger partial charge in [0.05, 0.1) is 11.6 Å². The molecular formula is C18H33N3O2. The number of hydrogen-bond donors (Lipinski definition) is 0. The van der Waals surface area contributed by atoms with Crippen molar-refractivity contribution in [2.24, 2.45) is 0 Å². The van der Waals surface area contributed by atoms with Gasteiger partial charge in [-0.1, -0.05) is 13.8 Å². The zero-order valence-corrected chi connectivity index (χ0v) is 16.3. The zero-order chi connectivity index (χ0) is 18.3. The quantitative estimate of drug-likeness (QED) is 0.794. The molecule has 5 heteroatoms. The fourth-order valence-electron chi connectivity index (χ4n) is 3.20. The Kier molecular flexibility index (Phi) is 5.26. The van der Waals surface area contributed by atoms with E-state index in [0.717, 1.165) is 12.8 Å². The average molecular weight is 323 g/mol. The molecule has 0 N–H and O–H groups in total. The van der Waals surface area contributed by atoms with Crippen molar-refractivity contribution in [1.82, 2.24) is 9.96 Å². The molecule has 0 radical (unpaired) electrons. The van der Waals surface area contributed by atoms with Gasteiger partial charge >= 0.3 is 0 Å². The lowest BCUT2D eigenvalue weighted by Gasteiger charge is -2.59. The monoisotopic (exact) mass is 323 g/mol. The van der Waals surface area contributed by atoms with Crippen molar-refractivity contribution in [3.05, 3.63) is 0 Å². The van der Waals surface area contributed by atoms with E-state index in [1.807, 2.05) is 23.8 Å². The second-order valence-corrected chi connectivity index (χ2v) is 8.56. The van der Waals surface area contributed by atoms with Gasteiger partial charge in [0.1, 0.15) is 5.54 Å². The highest BCUT2D eigenvalue weighted by molar-refractivity contribution is 5.87. The molecule has 0 atom stereocenters. The number of amides is 1. The lowest BCUT2D eigenvalue weighted by Crippen LogP contribution is -2.75. The van der Waals surface area contributed by atoms with Gasteiger partial charge in [0.15, 0.2) is 5.60 Å². The normalized spacial score (nSPS) is 22.1. The molecule has 5 nitrogen and oxygen atoms in total. The van der Waals surface area contributed by atoms with Gasteiger partial charge in [-0.25, -0.2) is 0 Å². The topological polar surface area (TPSA) is 56.6 Å². The van der Waals surface area contributed by atoms with Gasteiger partial charge in [-0.2, -0.15) is 10.3 Å². The summed E-state index contributed by atoms with van der Waals surface area (Å²) in [4.78, 5) is 21.2. The summed E-state index contributed by atoms with van der Waals surface area (Å²) in [5.74, 6) is 0.0382. The van der Waals surface area contributed by atoms with Gasteiger partial charge in [-0.05, 0) is 61.3 Å². The Balaban J connectivity index is 3.43. The van der Waals surface area contributed by atoms with Crippen molar-refractivity contribution in [2.75, 3.05) is 6.54 Å². The van der Waals surface area contributed by atoms with E-state index in [0.29, 0.717) is 6.54 Å². The molecule has 0 aromatic rings. The standard InChI is InChI=1S/C18H33N3O2/c1-10-18(11-2)13-20(15(3,4)5)14(22)17(8,9)21(18)23-16(6,7)12-19/h10-11,13H2,1-9H3. The summed E-state index contributed by atoms with van der Waals surface area (Å²) in [5, 5.41) is 11.2. The first kappa shape index (κ1) is 19.9. The van der Waals surface area contributed by atoms with E-state index in [-0.39, 0.29) is 17.0 Å². The van der Waals surface area contributed by atoms with E-state index in [1.54, 1.807) is 13.8 Å². The molecule has 0 aromatic heterocycles. The highest BCUT2D eigenvalue weighted by atomic mass is 16.7. The molecule has 0 saturated carbocycles. The van der Waals surface area contributed by atoms with Crippen molar-refractivity contribution in [3.63, 3.8) is 0 Å². The SMILES string of the molecule is CCC1(CC)CN(C(C)(C)C)C(=O)C(C)(C)N1OC(C)(C)C#N. The lowest BCUT2D eigenvalue weighted by atomic mass is 9.81. The second-order valence-electron chi connectivity index (χ2n) is 8.56. The summed E-state index contributed by atoms with van der Waals surface area (Å²) in [6.07, 6.45) is 1.68. The Hall–Kier alpha value is -1.12. The highest BCUT2D eigenvalue weighted by Gasteiger charge is 2.57. The Morgan fingerprint density at radius 1 is 1.17 bits per heavy atom. The number of carbonyl (C=O) groups is 1. The van der Waals surface area contributed by atoms with Crippen molar-refractivity contribution in [3.8, 4) is 6.07 Å². The van der Waals surface area contributed by atoms with Crippen molar-refractivity contribution < 1.29 is 9.63 Å². The van der Waals surface area contributed by atoms with Crippen LogP contribution >= 0.6 is 0 Å². The van der Waals surface area contributed by atoms with Crippen LogP contribution in [0, 0.1) is 11.3 Å². The first-order valence-electron chi connectivity index (χ1n) is 8.50. The minimum atomic E-state index is -0.975. The molecule has 0 aromatic carbocycles. The number of hydroxylamine groups is 2. The maximum Gasteiger partial charge on any atom is 0.245 e. The Bertz CT molecular complexity index is 493. The molecule has 1 heterocycles. The molecule has 1 aliphatic rings. The molecule has 0 aliphatic carbocycles. The van der Waals surface area contributed by atoms with Crippen LogP contribution in [0.25, 0.3) is 0 Å². The van der Waals surface area contributed by atoms with Gasteiger partial charge in [0.25, 0.3) is 0 Å². The molecule has 0 unspecified atom stereocenters. The fraction of sp³-hybridized carbons (Fsp3) is 0.889. The molecule has 1 aliphatic heterocycles. The molecule has 1 fully saturated rings. The summed E-state index contributed by atoms with van der Waals surface area (Å²) in [5.41, 5.74) is -2.36. The first-order valence-corrected chi connectivity index (χ1v) is 8.50. The third kappa shape index (κ3) is 3.54. The molecule has 132 valence electrons. The summed E-state index contributed by atoms with van der Waals surface area (Å²) < 4.78 is 0. The van der Waals surface area contributed by atoms with E-state index in [1.165, 1.54) is 0 Å². The second kappa shape index (κ2) is 6.07. The summed E-state index contributed by atoms with van der Waals surface area (Å²) in [6, 6.07) is 2.18. The minimum absolute atomic E-state index is 0.0382. The first-order chi connectivity index (χ1) is 10.3. The highest BCUT2D eigenvalue weighted by Crippen LogP contribution is 2.41. The molecular weight excluding hydrogens is 290 g/mol. The van der Waals surface area contributed by atoms with E-state index < -0.39 is 11.1 Å². The van der Waals surface area contributed by atoms with Crippen LogP contribution < -0.4 is 0 Å². The maximum absolute atomic E-state index is 13.1. The molecule has 1 saturated heterocycles. The van der Waals surface area contributed by atoms with E-state index in [2.05, 4.69) is 40.7 Å². The van der Waals surface area contributed by atoms with Gasteiger partial charge in [0.2, 0.25) is 5.91 Å². The van der Waals surface area contributed by atoms with Crippen LogP contribution in [0.5, 0.6) is 0 Å². The third-order valence-corrected chi connectivity index (χ3v) is 4.87. The Labute approximate surface area is 141 Å². The number of carbonyl (C=O) groups excluding carboxylic acids is 1. The van der Waals surface area contributed by atoms with E-state index in [4.69, 9.17) is 4.84 Å². The average Bonchev–Trinajstić information content (AvgIpc) is 2.44. The third-order valence-electron chi connectivity index (χ3n) is 4.87. The van der Waals surface area contributed by atoms with Crippen LogP contribution in [0.15, 0.2) is 0 Å². The van der Waals surface area contributed by atoms with Crippen molar-refractivity contribution >= 4 is 5.91 Å². The Morgan fingerprint density at radius 3 is 2.00 bits per heavy atom. The zero-order valence-electron chi connectivity index (χ0n) is 16.3. The number of nitrogens with zero attached hydrogens (tertiary/aromatic N) is 3. The van der Waals surface area contributed by atoms with Gasteiger partial charge in [0, 0.05) is 12.1 Å². The summed E-state index contributed by atoms with van der Waals surface area (Å²) >= 11 is 0. The van der Waals surface area contributed by atoms with Crippen LogP contribution in [-0.2, 0) is 9.63 Å². The van der Waals surface area contributed by atoms with Crippen LogP contribution in [0.3, 0.4) is 0 Å². The fourth-order valence-corrected chi connectivity index (χ4v) is 3.20. The molecule has 1 rings (SSSR count). The summed E-state index contributed by atoms with van der Waals surface area (Å²) in [6.45, 7) is 18.3. The van der Waals surface area contributed by atoms with E-state index in [9.17, 15) is 10.1 Å². The van der Waals surface area contributed by atoms with Crippen LogP contribution in [0.4, 0.5) is 0 Å². The number of piperazine rings is 1. The summed E-state index contributed by atoms with van der Waals surface area (Å²) in [7, 11) is 0.